The first-order valence-electron chi connectivity index (χ1n) is 8.80. The summed E-state index contributed by atoms with van der Waals surface area (Å²) in [7, 11) is 0. The van der Waals surface area contributed by atoms with Crippen molar-refractivity contribution in [3.8, 4) is 0 Å². The quantitative estimate of drug-likeness (QED) is 0.743. The van der Waals surface area contributed by atoms with Gasteiger partial charge >= 0.3 is 0 Å². The number of anilines is 3. The predicted molar refractivity (Wildman–Crippen MR) is 108 cm³/mol. The molecule has 0 aromatic heterocycles. The van der Waals surface area contributed by atoms with Gasteiger partial charge in [0.1, 0.15) is 0 Å². The van der Waals surface area contributed by atoms with Crippen molar-refractivity contribution in [1.82, 2.24) is 0 Å². The molecule has 6 nitrogen and oxygen atoms in total. The third-order valence-corrected chi connectivity index (χ3v) is 4.54. The Bertz CT molecular complexity index is 835. The van der Waals surface area contributed by atoms with E-state index in [4.69, 9.17) is 16.3 Å². The first-order chi connectivity index (χ1) is 13.0. The molecule has 1 fully saturated rings. The molecule has 0 unspecified atom stereocenters. The summed E-state index contributed by atoms with van der Waals surface area (Å²) in [6, 6.07) is 12.5. The van der Waals surface area contributed by atoms with Crippen molar-refractivity contribution in [3.05, 3.63) is 53.1 Å². The second kappa shape index (κ2) is 8.88. The number of rotatable bonds is 6. The van der Waals surface area contributed by atoms with Crippen molar-refractivity contribution >= 4 is 40.4 Å². The van der Waals surface area contributed by atoms with Gasteiger partial charge in [-0.05, 0) is 37.3 Å². The molecule has 1 aliphatic heterocycles. The van der Waals surface area contributed by atoms with Crippen LogP contribution in [0.15, 0.2) is 42.5 Å². The number of amides is 1. The van der Waals surface area contributed by atoms with E-state index < -0.39 is 0 Å². The first-order valence-corrected chi connectivity index (χ1v) is 9.18. The molecule has 27 heavy (non-hydrogen) atoms. The number of benzene rings is 2. The highest BCUT2D eigenvalue weighted by atomic mass is 35.5. The number of carbonyl (C=O) groups is 2. The molecule has 2 aromatic rings. The zero-order chi connectivity index (χ0) is 19.2. The Kier molecular flexibility index (Phi) is 6.32. The lowest BCUT2D eigenvalue weighted by Gasteiger charge is -2.30. The van der Waals surface area contributed by atoms with E-state index in [9.17, 15) is 9.59 Å². The average molecular weight is 388 g/mol. The summed E-state index contributed by atoms with van der Waals surface area (Å²) in [5.74, 6) is -0.248. The fourth-order valence-corrected chi connectivity index (χ4v) is 3.10. The largest absolute Gasteiger partial charge is 0.378 e. The number of hydrogen-bond donors (Lipinski definition) is 2. The monoisotopic (exact) mass is 387 g/mol. The van der Waals surface area contributed by atoms with E-state index in [1.807, 2.05) is 18.2 Å². The minimum atomic E-state index is -0.205. The van der Waals surface area contributed by atoms with E-state index in [0.717, 1.165) is 24.5 Å². The maximum absolute atomic E-state index is 12.3. The lowest BCUT2D eigenvalue weighted by molar-refractivity contribution is -0.114. The third kappa shape index (κ3) is 5.21. The number of ether oxygens (including phenoxy) is 1. The summed E-state index contributed by atoms with van der Waals surface area (Å²) >= 11 is 6.13. The van der Waals surface area contributed by atoms with Crippen molar-refractivity contribution in [2.24, 2.45) is 0 Å². The van der Waals surface area contributed by atoms with E-state index in [1.165, 1.54) is 6.92 Å². The molecule has 2 aromatic carbocycles. The summed E-state index contributed by atoms with van der Waals surface area (Å²) in [6.45, 7) is 4.52. The number of hydrogen-bond acceptors (Lipinski definition) is 5. The fourth-order valence-electron chi connectivity index (χ4n) is 2.93. The highest BCUT2D eigenvalue weighted by Gasteiger charge is 2.16. The molecular weight excluding hydrogens is 366 g/mol. The van der Waals surface area contributed by atoms with Crippen molar-refractivity contribution in [2.75, 3.05) is 48.4 Å². The van der Waals surface area contributed by atoms with Crippen LogP contribution in [0.25, 0.3) is 0 Å². The van der Waals surface area contributed by atoms with Crippen LogP contribution < -0.4 is 15.5 Å². The second-order valence-electron chi connectivity index (χ2n) is 6.30. The SMILES string of the molecule is CC(=O)c1cccc(NC(=O)CNc2cc(Cl)ccc2N2CCOCC2)c1. The van der Waals surface area contributed by atoms with Gasteiger partial charge in [0, 0.05) is 29.4 Å². The van der Waals surface area contributed by atoms with E-state index in [0.29, 0.717) is 29.5 Å². The standard InChI is InChI=1S/C20H22ClN3O3/c1-14(25)15-3-2-4-17(11-15)23-20(26)13-22-18-12-16(21)5-6-19(18)24-7-9-27-10-8-24/h2-6,11-12,22H,7-10,13H2,1H3,(H,23,26). The minimum Gasteiger partial charge on any atom is -0.378 e. The van der Waals surface area contributed by atoms with Crippen LogP contribution in [-0.4, -0.2) is 44.5 Å². The molecule has 2 N–H and O–H groups in total. The Morgan fingerprint density at radius 3 is 2.67 bits per heavy atom. The molecule has 0 aliphatic carbocycles. The van der Waals surface area contributed by atoms with Crippen molar-refractivity contribution in [2.45, 2.75) is 6.92 Å². The molecule has 1 aliphatic rings. The van der Waals surface area contributed by atoms with Gasteiger partial charge in [0.25, 0.3) is 0 Å². The lowest BCUT2D eigenvalue weighted by Crippen LogP contribution is -2.36. The number of halogens is 1. The van der Waals surface area contributed by atoms with Gasteiger partial charge in [-0.3, -0.25) is 9.59 Å². The summed E-state index contributed by atoms with van der Waals surface area (Å²) in [4.78, 5) is 26.0. The first kappa shape index (κ1) is 19.2. The van der Waals surface area contributed by atoms with Crippen LogP contribution in [0.1, 0.15) is 17.3 Å². The number of Topliss-reactive ketones (excluding diaryl/α,β-unsaturated/α-hetero) is 1. The number of ketones is 1. The average Bonchev–Trinajstić information content (AvgIpc) is 2.67. The maximum atomic E-state index is 12.3. The van der Waals surface area contributed by atoms with E-state index in [-0.39, 0.29) is 18.2 Å². The van der Waals surface area contributed by atoms with Gasteiger partial charge in [-0.2, -0.15) is 0 Å². The molecule has 1 amide bonds. The van der Waals surface area contributed by atoms with Crippen molar-refractivity contribution in [3.63, 3.8) is 0 Å². The van der Waals surface area contributed by atoms with Gasteiger partial charge in [-0.25, -0.2) is 0 Å². The lowest BCUT2D eigenvalue weighted by atomic mass is 10.1. The zero-order valence-electron chi connectivity index (χ0n) is 15.1. The number of carbonyl (C=O) groups excluding carboxylic acids is 2. The van der Waals surface area contributed by atoms with Crippen LogP contribution in [-0.2, 0) is 9.53 Å². The summed E-state index contributed by atoms with van der Waals surface area (Å²) in [6.07, 6.45) is 0. The molecule has 0 atom stereocenters. The van der Waals surface area contributed by atoms with Crippen LogP contribution in [0.3, 0.4) is 0 Å². The predicted octanol–water partition coefficient (Wildman–Crippen LogP) is 3.43. The summed E-state index contributed by atoms with van der Waals surface area (Å²) in [5, 5.41) is 6.56. The Morgan fingerprint density at radius 2 is 1.93 bits per heavy atom. The van der Waals surface area contributed by atoms with E-state index in [2.05, 4.69) is 15.5 Å². The highest BCUT2D eigenvalue weighted by Crippen LogP contribution is 2.29. The molecule has 1 saturated heterocycles. The molecular formula is C20H22ClN3O3. The van der Waals surface area contributed by atoms with E-state index in [1.54, 1.807) is 24.3 Å². The second-order valence-corrected chi connectivity index (χ2v) is 6.74. The molecule has 142 valence electrons. The van der Waals surface area contributed by atoms with Crippen LogP contribution >= 0.6 is 11.6 Å². The topological polar surface area (TPSA) is 70.7 Å². The minimum absolute atomic E-state index is 0.0432. The van der Waals surface area contributed by atoms with Gasteiger partial charge < -0.3 is 20.3 Å². The Morgan fingerprint density at radius 1 is 1.15 bits per heavy atom. The number of nitrogens with one attached hydrogen (secondary N) is 2. The van der Waals surface area contributed by atoms with Gasteiger partial charge in [-0.1, -0.05) is 23.7 Å². The Balaban J connectivity index is 1.65. The fraction of sp³-hybridized carbons (Fsp3) is 0.300. The van der Waals surface area contributed by atoms with Gasteiger partial charge in [0.05, 0.1) is 31.1 Å². The Hall–Kier alpha value is -2.57. The van der Waals surface area contributed by atoms with E-state index >= 15 is 0 Å². The van der Waals surface area contributed by atoms with Crippen LogP contribution in [0, 0.1) is 0 Å². The zero-order valence-corrected chi connectivity index (χ0v) is 15.9. The summed E-state index contributed by atoms with van der Waals surface area (Å²) < 4.78 is 5.40. The van der Waals surface area contributed by atoms with Crippen molar-refractivity contribution in [1.29, 1.82) is 0 Å². The molecule has 1 heterocycles. The smallest absolute Gasteiger partial charge is 0.243 e. The maximum Gasteiger partial charge on any atom is 0.243 e. The third-order valence-electron chi connectivity index (χ3n) is 4.30. The molecule has 3 rings (SSSR count). The number of nitrogens with zero attached hydrogens (tertiary/aromatic N) is 1. The molecule has 7 heteroatoms. The van der Waals surface area contributed by atoms with Crippen LogP contribution in [0.5, 0.6) is 0 Å². The molecule has 0 bridgehead atoms. The van der Waals surface area contributed by atoms with Gasteiger partial charge in [0.2, 0.25) is 5.91 Å². The summed E-state index contributed by atoms with van der Waals surface area (Å²) in [5.41, 5.74) is 2.95. The molecule has 0 saturated carbocycles. The van der Waals surface area contributed by atoms with Crippen LogP contribution in [0.2, 0.25) is 5.02 Å². The normalized spacial score (nSPS) is 13.9. The molecule has 0 spiro atoms. The number of morpholine rings is 1. The van der Waals surface area contributed by atoms with Gasteiger partial charge in [-0.15, -0.1) is 0 Å². The van der Waals surface area contributed by atoms with Gasteiger partial charge in [0.15, 0.2) is 5.78 Å². The van der Waals surface area contributed by atoms with Crippen LogP contribution in [0.4, 0.5) is 17.1 Å². The Labute approximate surface area is 163 Å². The van der Waals surface area contributed by atoms with Crippen molar-refractivity contribution < 1.29 is 14.3 Å². The molecule has 0 radical (unpaired) electrons. The highest BCUT2D eigenvalue weighted by molar-refractivity contribution is 6.31.